The van der Waals surface area contributed by atoms with E-state index >= 15 is 0 Å². The molecule has 0 aliphatic rings. The van der Waals surface area contributed by atoms with Gasteiger partial charge < -0.3 is 14.7 Å². The highest BCUT2D eigenvalue weighted by Crippen LogP contribution is 2.25. The Morgan fingerprint density at radius 2 is 2.06 bits per heavy atom. The minimum atomic E-state index is -0.433. The van der Waals surface area contributed by atoms with Gasteiger partial charge in [0.05, 0.1) is 12.7 Å². The van der Waals surface area contributed by atoms with E-state index in [9.17, 15) is 5.11 Å². The molecular formula is C14H22BrNO2. The van der Waals surface area contributed by atoms with E-state index in [-0.39, 0.29) is 0 Å². The maximum Gasteiger partial charge on any atom is 0.0813 e. The van der Waals surface area contributed by atoms with Gasteiger partial charge >= 0.3 is 0 Å². The predicted octanol–water partition coefficient (Wildman–Crippen LogP) is 2.84. The highest BCUT2D eigenvalue weighted by atomic mass is 79.9. The Morgan fingerprint density at radius 1 is 1.39 bits per heavy atom. The fourth-order valence-electron chi connectivity index (χ4n) is 1.82. The van der Waals surface area contributed by atoms with Crippen molar-refractivity contribution in [2.45, 2.75) is 25.5 Å². The van der Waals surface area contributed by atoms with Crippen molar-refractivity contribution >= 4 is 15.9 Å². The van der Waals surface area contributed by atoms with Crippen molar-refractivity contribution in [3.63, 3.8) is 0 Å². The van der Waals surface area contributed by atoms with Gasteiger partial charge in [0.2, 0.25) is 0 Å². The Kier molecular flexibility index (Phi) is 6.86. The Bertz CT molecular complexity index is 359. The van der Waals surface area contributed by atoms with Gasteiger partial charge in [0.1, 0.15) is 0 Å². The van der Waals surface area contributed by atoms with E-state index < -0.39 is 6.10 Å². The Hall–Kier alpha value is -0.420. The third-order valence-corrected chi connectivity index (χ3v) is 3.90. The Balaban J connectivity index is 2.46. The van der Waals surface area contributed by atoms with Crippen molar-refractivity contribution in [3.8, 4) is 0 Å². The first-order chi connectivity index (χ1) is 8.56. The molecule has 0 saturated carbocycles. The number of hydrogen-bond acceptors (Lipinski definition) is 3. The van der Waals surface area contributed by atoms with Gasteiger partial charge in [0, 0.05) is 24.2 Å². The van der Waals surface area contributed by atoms with Crippen LogP contribution in [0.15, 0.2) is 28.7 Å². The summed E-state index contributed by atoms with van der Waals surface area (Å²) >= 11 is 3.46. The van der Waals surface area contributed by atoms with Gasteiger partial charge in [-0.15, -0.1) is 0 Å². The number of benzene rings is 1. The average Bonchev–Trinajstić information content (AvgIpc) is 2.36. The van der Waals surface area contributed by atoms with Crippen LogP contribution in [-0.2, 0) is 4.74 Å². The van der Waals surface area contributed by atoms with Crippen LogP contribution >= 0.6 is 15.9 Å². The molecule has 1 aromatic carbocycles. The smallest absolute Gasteiger partial charge is 0.0813 e. The maximum absolute atomic E-state index is 10.2. The molecule has 102 valence electrons. The SMILES string of the molecule is COCC(C)N(C)CCC(O)c1ccccc1Br. The molecule has 0 fully saturated rings. The van der Waals surface area contributed by atoms with Crippen LogP contribution in [0.2, 0.25) is 0 Å². The van der Waals surface area contributed by atoms with Crippen LogP contribution in [0.4, 0.5) is 0 Å². The summed E-state index contributed by atoms with van der Waals surface area (Å²) < 4.78 is 6.09. The van der Waals surface area contributed by atoms with E-state index in [2.05, 4.69) is 34.8 Å². The zero-order valence-corrected chi connectivity index (χ0v) is 12.9. The van der Waals surface area contributed by atoms with Crippen LogP contribution in [0.3, 0.4) is 0 Å². The highest BCUT2D eigenvalue weighted by Gasteiger charge is 2.14. The zero-order chi connectivity index (χ0) is 13.5. The summed E-state index contributed by atoms with van der Waals surface area (Å²) in [6.07, 6.45) is 0.283. The first-order valence-electron chi connectivity index (χ1n) is 6.18. The summed E-state index contributed by atoms with van der Waals surface area (Å²) in [4.78, 5) is 2.20. The standard InChI is InChI=1S/C14H22BrNO2/c1-11(10-18-3)16(2)9-8-14(17)12-6-4-5-7-13(12)15/h4-7,11,14,17H,8-10H2,1-3H3. The maximum atomic E-state index is 10.2. The second-order valence-electron chi connectivity index (χ2n) is 4.61. The molecule has 2 atom stereocenters. The molecule has 4 heteroatoms. The van der Waals surface area contributed by atoms with Gasteiger partial charge in [-0.25, -0.2) is 0 Å². The van der Waals surface area contributed by atoms with E-state index in [0.717, 1.165) is 16.6 Å². The Morgan fingerprint density at radius 3 is 2.67 bits per heavy atom. The lowest BCUT2D eigenvalue weighted by molar-refractivity contribution is 0.0959. The predicted molar refractivity (Wildman–Crippen MR) is 77.7 cm³/mol. The van der Waals surface area contributed by atoms with Crippen LogP contribution in [-0.4, -0.2) is 43.4 Å². The minimum absolute atomic E-state index is 0.362. The summed E-state index contributed by atoms with van der Waals surface area (Å²) in [5.74, 6) is 0. The topological polar surface area (TPSA) is 32.7 Å². The molecule has 0 heterocycles. The first kappa shape index (κ1) is 15.6. The second-order valence-corrected chi connectivity index (χ2v) is 5.47. The quantitative estimate of drug-likeness (QED) is 0.840. The highest BCUT2D eigenvalue weighted by molar-refractivity contribution is 9.10. The van der Waals surface area contributed by atoms with E-state index in [1.807, 2.05) is 24.3 Å². The molecule has 0 aliphatic carbocycles. The lowest BCUT2D eigenvalue weighted by atomic mass is 10.1. The van der Waals surface area contributed by atoms with Crippen molar-refractivity contribution in [1.29, 1.82) is 0 Å². The number of methoxy groups -OCH3 is 1. The molecular weight excluding hydrogens is 294 g/mol. The Labute approximate surface area is 118 Å². The molecule has 18 heavy (non-hydrogen) atoms. The van der Waals surface area contributed by atoms with Crippen LogP contribution < -0.4 is 0 Å². The van der Waals surface area contributed by atoms with Gasteiger partial charge in [0.15, 0.2) is 0 Å². The van der Waals surface area contributed by atoms with Crippen molar-refractivity contribution in [3.05, 3.63) is 34.3 Å². The van der Waals surface area contributed by atoms with Gasteiger partial charge in [0.25, 0.3) is 0 Å². The molecule has 1 N–H and O–H groups in total. The molecule has 0 aliphatic heterocycles. The molecule has 0 aromatic heterocycles. The monoisotopic (exact) mass is 315 g/mol. The van der Waals surface area contributed by atoms with Crippen LogP contribution in [0, 0.1) is 0 Å². The molecule has 1 aromatic rings. The third kappa shape index (κ3) is 4.69. The molecule has 0 radical (unpaired) electrons. The fourth-order valence-corrected chi connectivity index (χ4v) is 2.36. The lowest BCUT2D eigenvalue weighted by Gasteiger charge is -2.25. The molecule has 0 amide bonds. The molecule has 0 spiro atoms. The number of likely N-dealkylation sites (N-methyl/N-ethyl adjacent to an activating group) is 1. The van der Waals surface area contributed by atoms with Crippen LogP contribution in [0.1, 0.15) is 25.0 Å². The minimum Gasteiger partial charge on any atom is -0.388 e. The normalized spacial score (nSPS) is 14.8. The van der Waals surface area contributed by atoms with Crippen molar-refractivity contribution < 1.29 is 9.84 Å². The summed E-state index contributed by atoms with van der Waals surface area (Å²) in [6.45, 7) is 3.67. The van der Waals surface area contributed by atoms with Gasteiger partial charge in [-0.1, -0.05) is 34.1 Å². The van der Waals surface area contributed by atoms with Crippen LogP contribution in [0.5, 0.6) is 0 Å². The van der Waals surface area contributed by atoms with Crippen molar-refractivity contribution in [1.82, 2.24) is 4.90 Å². The van der Waals surface area contributed by atoms with Gasteiger partial charge in [-0.05, 0) is 32.0 Å². The van der Waals surface area contributed by atoms with E-state index in [0.29, 0.717) is 19.1 Å². The molecule has 0 saturated heterocycles. The van der Waals surface area contributed by atoms with Crippen molar-refractivity contribution in [2.75, 3.05) is 27.3 Å². The summed E-state index contributed by atoms with van der Waals surface area (Å²) in [6, 6.07) is 8.16. The second kappa shape index (κ2) is 7.89. The van der Waals surface area contributed by atoms with E-state index in [1.54, 1.807) is 7.11 Å². The number of aliphatic hydroxyl groups excluding tert-OH is 1. The number of ether oxygens (including phenoxy) is 1. The molecule has 3 nitrogen and oxygen atoms in total. The number of hydrogen-bond donors (Lipinski definition) is 1. The van der Waals surface area contributed by atoms with Gasteiger partial charge in [-0.3, -0.25) is 0 Å². The third-order valence-electron chi connectivity index (χ3n) is 3.18. The number of halogens is 1. The molecule has 1 rings (SSSR count). The summed E-state index contributed by atoms with van der Waals surface area (Å²) in [5.41, 5.74) is 0.949. The fraction of sp³-hybridized carbons (Fsp3) is 0.571. The van der Waals surface area contributed by atoms with Crippen LogP contribution in [0.25, 0.3) is 0 Å². The molecule has 2 unspecified atom stereocenters. The first-order valence-corrected chi connectivity index (χ1v) is 6.97. The number of nitrogens with zero attached hydrogens (tertiary/aromatic N) is 1. The average molecular weight is 316 g/mol. The summed E-state index contributed by atoms with van der Waals surface area (Å²) in [7, 11) is 3.76. The summed E-state index contributed by atoms with van der Waals surface area (Å²) in [5, 5.41) is 10.2. The van der Waals surface area contributed by atoms with Gasteiger partial charge in [-0.2, -0.15) is 0 Å². The number of aliphatic hydroxyl groups is 1. The van der Waals surface area contributed by atoms with Crippen molar-refractivity contribution in [2.24, 2.45) is 0 Å². The molecule has 0 bridgehead atoms. The zero-order valence-electron chi connectivity index (χ0n) is 11.3. The van der Waals surface area contributed by atoms with E-state index in [4.69, 9.17) is 4.74 Å². The largest absolute Gasteiger partial charge is 0.388 e. The van der Waals surface area contributed by atoms with E-state index in [1.165, 1.54) is 0 Å². The number of rotatable bonds is 7. The lowest BCUT2D eigenvalue weighted by Crippen LogP contribution is -2.34.